The van der Waals surface area contributed by atoms with E-state index in [0.717, 1.165) is 48.3 Å². The minimum atomic E-state index is 0.913. The van der Waals surface area contributed by atoms with Gasteiger partial charge >= 0.3 is 0 Å². The molecule has 2 aromatic carbocycles. The van der Waals surface area contributed by atoms with Crippen molar-refractivity contribution in [3.63, 3.8) is 0 Å². The van der Waals surface area contributed by atoms with Gasteiger partial charge in [0.15, 0.2) is 0 Å². The molecule has 0 saturated carbocycles. The van der Waals surface area contributed by atoms with Crippen molar-refractivity contribution in [2.75, 3.05) is 14.2 Å². The Bertz CT molecular complexity index is 890. The lowest BCUT2D eigenvalue weighted by atomic mass is 9.89. The molecule has 0 amide bonds. The largest absolute Gasteiger partial charge is 0.497 e. The molecule has 2 heteroatoms. The minimum Gasteiger partial charge on any atom is -0.497 e. The number of fused-ring (bicyclic) bond motifs is 2. The highest BCUT2D eigenvalue weighted by atomic mass is 16.5. The van der Waals surface area contributed by atoms with Gasteiger partial charge in [-0.2, -0.15) is 0 Å². The Morgan fingerprint density at radius 2 is 1.15 bits per heavy atom. The molecule has 0 radical (unpaired) electrons. The maximum absolute atomic E-state index is 5.35. The van der Waals surface area contributed by atoms with Crippen LogP contribution >= 0.6 is 0 Å². The first-order valence-electron chi connectivity index (χ1n) is 9.05. The smallest absolute Gasteiger partial charge is 0.119 e. The van der Waals surface area contributed by atoms with Crippen LogP contribution in [0.4, 0.5) is 0 Å². The third-order valence-electron chi connectivity index (χ3n) is 5.06. The first-order valence-corrected chi connectivity index (χ1v) is 9.05. The van der Waals surface area contributed by atoms with Gasteiger partial charge in [-0.15, -0.1) is 0 Å². The van der Waals surface area contributed by atoms with Gasteiger partial charge in [0.25, 0.3) is 0 Å². The summed E-state index contributed by atoms with van der Waals surface area (Å²) in [6, 6.07) is 12.5. The molecule has 130 valence electrons. The van der Waals surface area contributed by atoms with Crippen LogP contribution in [0.1, 0.15) is 35.1 Å². The highest BCUT2D eigenvalue weighted by Crippen LogP contribution is 2.31. The summed E-state index contributed by atoms with van der Waals surface area (Å²) in [4.78, 5) is 0. The van der Waals surface area contributed by atoms with Gasteiger partial charge < -0.3 is 9.47 Å². The van der Waals surface area contributed by atoms with E-state index < -0.39 is 0 Å². The summed E-state index contributed by atoms with van der Waals surface area (Å²) in [7, 11) is 3.42. The molecule has 4 rings (SSSR count). The molecule has 0 N–H and O–H groups in total. The summed E-state index contributed by atoms with van der Waals surface area (Å²) in [5.41, 5.74) is 7.34. The molecular formula is C24H22O2. The van der Waals surface area contributed by atoms with Crippen molar-refractivity contribution in [3.8, 4) is 23.3 Å². The Hall–Kier alpha value is -2.92. The molecule has 2 aromatic rings. The summed E-state index contributed by atoms with van der Waals surface area (Å²) in [5, 5.41) is 0. The normalized spacial score (nSPS) is 14.8. The van der Waals surface area contributed by atoms with E-state index in [2.05, 4.69) is 48.3 Å². The van der Waals surface area contributed by atoms with Crippen LogP contribution in [0.3, 0.4) is 0 Å². The van der Waals surface area contributed by atoms with Gasteiger partial charge in [0, 0.05) is 11.1 Å². The van der Waals surface area contributed by atoms with Gasteiger partial charge in [-0.1, -0.05) is 24.0 Å². The molecule has 0 aromatic heterocycles. The molecule has 0 unspecified atom stereocenters. The Labute approximate surface area is 155 Å². The maximum atomic E-state index is 5.35. The number of methoxy groups -OCH3 is 2. The number of hydrogen-bond acceptors (Lipinski definition) is 2. The van der Waals surface area contributed by atoms with E-state index in [1.54, 1.807) is 14.2 Å². The van der Waals surface area contributed by atoms with E-state index in [4.69, 9.17) is 9.47 Å². The second-order valence-electron chi connectivity index (χ2n) is 6.61. The second kappa shape index (κ2) is 7.14. The molecule has 0 heterocycles. The first kappa shape index (κ1) is 16.5. The number of ether oxygens (including phenoxy) is 2. The molecule has 2 aliphatic carbocycles. The lowest BCUT2D eigenvalue weighted by Crippen LogP contribution is -2.01. The van der Waals surface area contributed by atoms with Crippen LogP contribution in [0, 0.1) is 11.8 Å². The fourth-order valence-electron chi connectivity index (χ4n) is 3.67. The van der Waals surface area contributed by atoms with Crippen LogP contribution in [0.2, 0.25) is 0 Å². The minimum absolute atomic E-state index is 0.913. The maximum Gasteiger partial charge on any atom is 0.119 e. The number of rotatable bonds is 2. The molecular weight excluding hydrogens is 320 g/mol. The predicted octanol–water partition coefficient (Wildman–Crippen LogP) is 5.07. The van der Waals surface area contributed by atoms with Gasteiger partial charge in [0.05, 0.1) is 14.2 Å². The summed E-state index contributed by atoms with van der Waals surface area (Å²) in [5.74, 6) is 8.68. The zero-order chi connectivity index (χ0) is 17.9. The average Bonchev–Trinajstić information content (AvgIpc) is 2.71. The van der Waals surface area contributed by atoms with E-state index in [9.17, 15) is 0 Å². The molecule has 2 nitrogen and oxygen atoms in total. The second-order valence-corrected chi connectivity index (χ2v) is 6.61. The van der Waals surface area contributed by atoms with E-state index in [1.165, 1.54) is 22.3 Å². The van der Waals surface area contributed by atoms with Crippen molar-refractivity contribution < 1.29 is 9.47 Å². The molecule has 0 atom stereocenters. The number of allylic oxidation sites excluding steroid dienone is 4. The van der Waals surface area contributed by atoms with E-state index in [1.807, 2.05) is 12.1 Å². The zero-order valence-electron chi connectivity index (χ0n) is 15.3. The Balaban J connectivity index is 1.66. The van der Waals surface area contributed by atoms with Crippen molar-refractivity contribution >= 4 is 11.1 Å². The van der Waals surface area contributed by atoms with Crippen molar-refractivity contribution in [2.24, 2.45) is 0 Å². The van der Waals surface area contributed by atoms with Crippen LogP contribution < -0.4 is 9.47 Å². The third-order valence-corrected chi connectivity index (χ3v) is 5.06. The summed E-state index contributed by atoms with van der Waals surface area (Å²) < 4.78 is 10.7. The van der Waals surface area contributed by atoms with E-state index >= 15 is 0 Å². The summed E-state index contributed by atoms with van der Waals surface area (Å²) in [6.07, 6.45) is 8.64. The van der Waals surface area contributed by atoms with Gasteiger partial charge in [-0.05, 0) is 84.3 Å². The molecule has 0 aliphatic heterocycles. The van der Waals surface area contributed by atoms with Crippen molar-refractivity contribution in [1.29, 1.82) is 0 Å². The fourth-order valence-corrected chi connectivity index (χ4v) is 3.67. The van der Waals surface area contributed by atoms with Gasteiger partial charge in [-0.3, -0.25) is 0 Å². The molecule has 0 bridgehead atoms. The summed E-state index contributed by atoms with van der Waals surface area (Å²) >= 11 is 0. The van der Waals surface area contributed by atoms with Crippen LogP contribution in [-0.2, 0) is 12.8 Å². The topological polar surface area (TPSA) is 18.5 Å². The molecule has 0 saturated heterocycles. The third kappa shape index (κ3) is 3.13. The van der Waals surface area contributed by atoms with Crippen molar-refractivity contribution in [3.05, 3.63) is 70.8 Å². The number of aryl methyl sites for hydroxylation is 2. The highest BCUT2D eigenvalue weighted by molar-refractivity contribution is 5.89. The van der Waals surface area contributed by atoms with Gasteiger partial charge in [0.2, 0.25) is 0 Å². The standard InChI is InChI=1S/C24H22O2/c1-25-21-11-13-23-17(5-3-7-19(23)15-21)9-10-18-6-4-8-20-16-22(26-2)12-14-24(18)20/h5-6,11-16H,3-4,7-8H2,1-2H3. The van der Waals surface area contributed by atoms with Crippen LogP contribution in [-0.4, -0.2) is 14.2 Å². The summed E-state index contributed by atoms with van der Waals surface area (Å²) in [6.45, 7) is 0. The van der Waals surface area contributed by atoms with Crippen molar-refractivity contribution in [1.82, 2.24) is 0 Å². The Kier molecular flexibility index (Phi) is 4.54. The average molecular weight is 342 g/mol. The van der Waals surface area contributed by atoms with Crippen LogP contribution in [0.15, 0.2) is 48.6 Å². The lowest BCUT2D eigenvalue weighted by Gasteiger charge is -2.16. The fraction of sp³-hybridized carbons (Fsp3) is 0.250. The quantitative estimate of drug-likeness (QED) is 0.710. The Morgan fingerprint density at radius 3 is 1.58 bits per heavy atom. The predicted molar refractivity (Wildman–Crippen MR) is 106 cm³/mol. The molecule has 0 fully saturated rings. The van der Waals surface area contributed by atoms with Crippen LogP contribution in [0.5, 0.6) is 11.5 Å². The van der Waals surface area contributed by atoms with Gasteiger partial charge in [0.1, 0.15) is 11.5 Å². The molecule has 0 spiro atoms. The zero-order valence-corrected chi connectivity index (χ0v) is 15.3. The SMILES string of the molecule is COc1ccc2c(c1)CCC=C2C#CC1=CCCc2cc(OC)ccc21. The van der Waals surface area contributed by atoms with E-state index in [0.29, 0.717) is 0 Å². The first-order chi connectivity index (χ1) is 12.8. The van der Waals surface area contributed by atoms with Crippen LogP contribution in [0.25, 0.3) is 11.1 Å². The number of hydrogen-bond donors (Lipinski definition) is 0. The molecule has 26 heavy (non-hydrogen) atoms. The monoisotopic (exact) mass is 342 g/mol. The highest BCUT2D eigenvalue weighted by Gasteiger charge is 2.14. The number of benzene rings is 2. The lowest BCUT2D eigenvalue weighted by molar-refractivity contribution is 0.414. The van der Waals surface area contributed by atoms with E-state index in [-0.39, 0.29) is 0 Å². The molecule has 2 aliphatic rings. The van der Waals surface area contributed by atoms with Crippen molar-refractivity contribution in [2.45, 2.75) is 25.7 Å². The Morgan fingerprint density at radius 1 is 0.692 bits per heavy atom. The van der Waals surface area contributed by atoms with Gasteiger partial charge in [-0.25, -0.2) is 0 Å².